The zero-order valence-corrected chi connectivity index (χ0v) is 12.1. The summed E-state index contributed by atoms with van der Waals surface area (Å²) in [4.78, 5) is 12.7. The third kappa shape index (κ3) is 2.53. The normalized spacial score (nSPS) is 11.8. The van der Waals surface area contributed by atoms with Crippen molar-refractivity contribution in [2.75, 3.05) is 0 Å². The van der Waals surface area contributed by atoms with Crippen molar-refractivity contribution >= 4 is 27.5 Å². The number of phenolic OH excluding ortho intramolecular Hbond substituents is 1. The number of nitrogens with one attached hydrogen (secondary N) is 1. The van der Waals surface area contributed by atoms with E-state index in [1.54, 1.807) is 18.2 Å². The molecule has 2 N–H and O–H groups in total. The monoisotopic (exact) mass is 299 g/mol. The van der Waals surface area contributed by atoms with Gasteiger partial charge in [0.2, 0.25) is 4.80 Å². The molecule has 5 nitrogen and oxygen atoms in total. The number of carbonyl (C=O) groups excluding carboxylic acids is 1. The van der Waals surface area contributed by atoms with Crippen LogP contribution >= 0.6 is 11.3 Å². The van der Waals surface area contributed by atoms with E-state index in [4.69, 9.17) is 0 Å². The summed E-state index contributed by atoms with van der Waals surface area (Å²) in [5.41, 5.74) is 3.73. The van der Waals surface area contributed by atoms with E-state index in [0.29, 0.717) is 4.80 Å². The molecule has 106 valence electrons. The number of aromatic hydroxyl groups is 1. The standard InChI is InChI=1S/C15H13N3O2S/c1-18-11-7-3-5-9-13(11)21-15(18)17-16-14(20)10-6-2-4-8-12(10)19/h2-9,19H,1H3,(H,16,20)/b17-15-. The van der Waals surface area contributed by atoms with Gasteiger partial charge in [0.25, 0.3) is 5.91 Å². The average Bonchev–Trinajstić information content (AvgIpc) is 2.82. The number of aromatic nitrogens is 1. The first-order chi connectivity index (χ1) is 10.2. The number of aryl methyl sites for hydroxylation is 1. The van der Waals surface area contributed by atoms with E-state index < -0.39 is 5.91 Å². The van der Waals surface area contributed by atoms with Crippen LogP contribution in [0.3, 0.4) is 0 Å². The Morgan fingerprint density at radius 1 is 1.19 bits per heavy atom. The van der Waals surface area contributed by atoms with Crippen LogP contribution in [-0.2, 0) is 7.05 Å². The lowest BCUT2D eigenvalue weighted by atomic mass is 10.2. The molecule has 0 saturated heterocycles. The van der Waals surface area contributed by atoms with Gasteiger partial charge >= 0.3 is 0 Å². The molecule has 0 unspecified atom stereocenters. The lowest BCUT2D eigenvalue weighted by Crippen LogP contribution is -2.23. The summed E-state index contributed by atoms with van der Waals surface area (Å²) in [6.45, 7) is 0. The van der Waals surface area contributed by atoms with E-state index in [1.807, 2.05) is 35.9 Å². The first-order valence-corrected chi connectivity index (χ1v) is 7.15. The van der Waals surface area contributed by atoms with Crippen molar-refractivity contribution in [3.8, 4) is 5.75 Å². The van der Waals surface area contributed by atoms with Gasteiger partial charge in [0.05, 0.1) is 15.8 Å². The van der Waals surface area contributed by atoms with Gasteiger partial charge in [0, 0.05) is 7.05 Å². The molecule has 0 aliphatic rings. The van der Waals surface area contributed by atoms with Gasteiger partial charge in [-0.25, -0.2) is 5.43 Å². The summed E-state index contributed by atoms with van der Waals surface area (Å²) >= 11 is 1.48. The van der Waals surface area contributed by atoms with Crippen molar-refractivity contribution in [3.05, 3.63) is 58.9 Å². The van der Waals surface area contributed by atoms with Gasteiger partial charge in [-0.05, 0) is 24.3 Å². The number of rotatable bonds is 2. The number of benzene rings is 2. The van der Waals surface area contributed by atoms with Crippen LogP contribution < -0.4 is 10.2 Å². The molecule has 0 aliphatic heterocycles. The van der Waals surface area contributed by atoms with Crippen molar-refractivity contribution in [2.45, 2.75) is 0 Å². The Hall–Kier alpha value is -2.60. The molecule has 0 fully saturated rings. The van der Waals surface area contributed by atoms with Crippen molar-refractivity contribution in [2.24, 2.45) is 12.1 Å². The van der Waals surface area contributed by atoms with E-state index in [2.05, 4.69) is 10.5 Å². The maximum atomic E-state index is 12.0. The van der Waals surface area contributed by atoms with Crippen LogP contribution in [0.4, 0.5) is 0 Å². The number of carbonyl (C=O) groups is 1. The van der Waals surface area contributed by atoms with Gasteiger partial charge in [-0.2, -0.15) is 0 Å². The molecule has 3 rings (SSSR count). The molecule has 1 aromatic heterocycles. The summed E-state index contributed by atoms with van der Waals surface area (Å²) in [5, 5.41) is 13.8. The molecule has 0 radical (unpaired) electrons. The third-order valence-electron chi connectivity index (χ3n) is 3.12. The Morgan fingerprint density at radius 3 is 2.67 bits per heavy atom. The molecular weight excluding hydrogens is 286 g/mol. The lowest BCUT2D eigenvalue weighted by Gasteiger charge is -2.01. The van der Waals surface area contributed by atoms with Gasteiger partial charge in [0.1, 0.15) is 5.75 Å². The molecule has 0 spiro atoms. The molecule has 1 amide bonds. The summed E-state index contributed by atoms with van der Waals surface area (Å²) in [6, 6.07) is 14.3. The minimum atomic E-state index is -0.439. The molecule has 3 aromatic rings. The highest BCUT2D eigenvalue weighted by Crippen LogP contribution is 2.16. The highest BCUT2D eigenvalue weighted by molar-refractivity contribution is 7.16. The SMILES string of the molecule is Cn1/c(=N/NC(=O)c2ccccc2O)sc2ccccc21. The van der Waals surface area contributed by atoms with Crippen LogP contribution in [0.5, 0.6) is 5.75 Å². The minimum Gasteiger partial charge on any atom is -0.507 e. The smallest absolute Gasteiger partial charge is 0.275 e. The topological polar surface area (TPSA) is 66.6 Å². The molecule has 1 heterocycles. The fourth-order valence-electron chi connectivity index (χ4n) is 2.01. The second-order valence-electron chi connectivity index (χ2n) is 4.48. The third-order valence-corrected chi connectivity index (χ3v) is 4.23. The van der Waals surface area contributed by atoms with Gasteiger partial charge in [0.15, 0.2) is 0 Å². The average molecular weight is 299 g/mol. The number of hydrogen-bond acceptors (Lipinski definition) is 4. The van der Waals surface area contributed by atoms with Crippen LogP contribution in [0, 0.1) is 0 Å². The fourth-order valence-corrected chi connectivity index (χ4v) is 2.99. The van der Waals surface area contributed by atoms with E-state index in [9.17, 15) is 9.90 Å². The van der Waals surface area contributed by atoms with Gasteiger partial charge in [-0.3, -0.25) is 4.79 Å². The summed E-state index contributed by atoms with van der Waals surface area (Å²) in [6.07, 6.45) is 0. The van der Waals surface area contributed by atoms with E-state index in [0.717, 1.165) is 10.2 Å². The van der Waals surface area contributed by atoms with E-state index in [1.165, 1.54) is 17.4 Å². The Labute approximate surface area is 124 Å². The number of para-hydroxylation sites is 2. The van der Waals surface area contributed by atoms with Crippen LogP contribution in [0.25, 0.3) is 10.2 Å². The molecule has 0 atom stereocenters. The van der Waals surface area contributed by atoms with Crippen molar-refractivity contribution < 1.29 is 9.90 Å². The Kier molecular flexibility index (Phi) is 3.45. The van der Waals surface area contributed by atoms with Gasteiger partial charge < -0.3 is 9.67 Å². The minimum absolute atomic E-state index is 0.0640. The molecule has 6 heteroatoms. The van der Waals surface area contributed by atoms with Crippen LogP contribution in [-0.4, -0.2) is 15.6 Å². The summed E-state index contributed by atoms with van der Waals surface area (Å²) in [7, 11) is 1.89. The Morgan fingerprint density at radius 2 is 1.90 bits per heavy atom. The molecule has 21 heavy (non-hydrogen) atoms. The summed E-state index contributed by atoms with van der Waals surface area (Å²) in [5.74, 6) is -0.503. The van der Waals surface area contributed by atoms with Crippen molar-refractivity contribution in [1.82, 2.24) is 9.99 Å². The van der Waals surface area contributed by atoms with Crippen LogP contribution in [0.15, 0.2) is 53.6 Å². The van der Waals surface area contributed by atoms with Gasteiger partial charge in [-0.15, -0.1) is 5.10 Å². The van der Waals surface area contributed by atoms with E-state index >= 15 is 0 Å². The number of amides is 1. The largest absolute Gasteiger partial charge is 0.507 e. The van der Waals surface area contributed by atoms with Gasteiger partial charge in [-0.1, -0.05) is 35.6 Å². The molecule has 0 saturated carbocycles. The molecule has 0 aliphatic carbocycles. The molecule has 2 aromatic carbocycles. The Balaban J connectivity index is 1.93. The van der Waals surface area contributed by atoms with Crippen LogP contribution in [0.1, 0.15) is 10.4 Å². The highest BCUT2D eigenvalue weighted by atomic mass is 32.1. The maximum absolute atomic E-state index is 12.0. The fraction of sp³-hybridized carbons (Fsp3) is 0.0667. The quantitative estimate of drug-likeness (QED) is 0.712. The summed E-state index contributed by atoms with van der Waals surface area (Å²) < 4.78 is 3.00. The van der Waals surface area contributed by atoms with Crippen molar-refractivity contribution in [1.29, 1.82) is 0 Å². The molecule has 0 bridgehead atoms. The first kappa shape index (κ1) is 13.4. The number of phenols is 1. The number of hydrogen-bond donors (Lipinski definition) is 2. The number of fused-ring (bicyclic) bond motifs is 1. The number of thiazole rings is 1. The zero-order chi connectivity index (χ0) is 14.8. The Bertz CT molecular complexity index is 880. The number of nitrogens with zero attached hydrogens (tertiary/aromatic N) is 2. The zero-order valence-electron chi connectivity index (χ0n) is 11.3. The second kappa shape index (κ2) is 5.41. The highest BCUT2D eigenvalue weighted by Gasteiger charge is 2.09. The first-order valence-electron chi connectivity index (χ1n) is 6.33. The predicted molar refractivity (Wildman–Crippen MR) is 81.9 cm³/mol. The lowest BCUT2D eigenvalue weighted by molar-refractivity contribution is 0.0950. The second-order valence-corrected chi connectivity index (χ2v) is 5.49. The van der Waals surface area contributed by atoms with E-state index in [-0.39, 0.29) is 11.3 Å². The van der Waals surface area contributed by atoms with Crippen LogP contribution in [0.2, 0.25) is 0 Å². The predicted octanol–water partition coefficient (Wildman–Crippen LogP) is 2.19. The molecular formula is C15H13N3O2S. The maximum Gasteiger partial charge on any atom is 0.275 e. The van der Waals surface area contributed by atoms with Crippen molar-refractivity contribution in [3.63, 3.8) is 0 Å².